The summed E-state index contributed by atoms with van der Waals surface area (Å²) in [6.45, 7) is 0.235. The first-order valence-corrected chi connectivity index (χ1v) is 14.1. The fourth-order valence-corrected chi connectivity index (χ4v) is 5.45. The average Bonchev–Trinajstić information content (AvgIpc) is 2.78. The van der Waals surface area contributed by atoms with Crippen LogP contribution < -0.4 is 5.73 Å². The Balaban J connectivity index is 0.000000495. The smallest absolute Gasteiger partial charge is 0.218 e. The molecule has 0 saturated heterocycles. The van der Waals surface area contributed by atoms with Crippen LogP contribution in [-0.4, -0.2) is 33.6 Å². The lowest BCUT2D eigenvalue weighted by Gasteiger charge is -2.14. The third kappa shape index (κ3) is 11.9. The molecule has 0 heterocycles. The maximum Gasteiger partial charge on any atom is 0.218 e. The highest BCUT2D eigenvalue weighted by Crippen LogP contribution is 2.44. The van der Waals surface area contributed by atoms with Crippen molar-refractivity contribution < 1.29 is 19.3 Å². The Morgan fingerprint density at radius 1 is 0.833 bits per heavy atom. The van der Waals surface area contributed by atoms with Gasteiger partial charge in [0.05, 0.1) is 26.3 Å². The summed E-state index contributed by atoms with van der Waals surface area (Å²) in [6, 6.07) is 19.1. The van der Waals surface area contributed by atoms with E-state index in [0.29, 0.717) is 37.0 Å². The predicted octanol–water partition coefficient (Wildman–Crippen LogP) is 6.98. The molecule has 36 heavy (non-hydrogen) atoms. The number of hydrogen-bond donors (Lipinski definition) is 3. The van der Waals surface area contributed by atoms with Crippen molar-refractivity contribution in [1.82, 2.24) is 0 Å². The summed E-state index contributed by atoms with van der Waals surface area (Å²) in [6.07, 6.45) is -1.56. The maximum absolute atomic E-state index is 12.3. The van der Waals surface area contributed by atoms with Crippen molar-refractivity contribution in [2.45, 2.75) is 25.4 Å². The number of benzene rings is 3. The first kappa shape index (κ1) is 32.8. The zero-order valence-electron chi connectivity index (χ0n) is 19.1. The molecule has 0 aliphatic carbocycles. The molecular weight excluding hydrogens is 589 g/mol. The Bertz CT molecular complexity index is 1180. The van der Waals surface area contributed by atoms with Crippen molar-refractivity contribution in [2.24, 2.45) is 5.73 Å². The van der Waals surface area contributed by atoms with Crippen molar-refractivity contribution >= 4 is 66.2 Å². The molecule has 0 saturated carbocycles. The lowest BCUT2D eigenvalue weighted by Crippen LogP contribution is -2.26. The van der Waals surface area contributed by atoms with Crippen LogP contribution in [0, 0.1) is 4.91 Å². The van der Waals surface area contributed by atoms with Gasteiger partial charge in [-0.3, -0.25) is 4.57 Å². The van der Waals surface area contributed by atoms with Gasteiger partial charge in [0.15, 0.2) is 0 Å². The van der Waals surface area contributed by atoms with Gasteiger partial charge in [-0.1, -0.05) is 88.9 Å². The molecule has 6 nitrogen and oxygen atoms in total. The zero-order chi connectivity index (χ0) is 26.0. The largest absolute Gasteiger partial charge is 0.386 e. The lowest BCUT2D eigenvalue weighted by atomic mass is 10.2. The molecule has 1 unspecified atom stereocenters. The highest BCUT2D eigenvalue weighted by Gasteiger charge is 2.27. The minimum absolute atomic E-state index is 0. The molecule has 0 fully saturated rings. The van der Waals surface area contributed by atoms with E-state index in [2.05, 4.69) is 0 Å². The van der Waals surface area contributed by atoms with Crippen molar-refractivity contribution in [3.63, 3.8) is 0 Å². The van der Waals surface area contributed by atoms with E-state index in [4.69, 9.17) is 52.1 Å². The van der Waals surface area contributed by atoms with Gasteiger partial charge in [0.25, 0.3) is 0 Å². The molecule has 0 bridgehead atoms. The number of aliphatic hydroxyl groups excluding tert-OH is 1. The summed E-state index contributed by atoms with van der Waals surface area (Å²) in [5.41, 5.74) is 7.73. The molecule has 0 aliphatic rings. The van der Waals surface area contributed by atoms with Crippen LogP contribution in [0.2, 0.25) is 20.1 Å². The second-order valence-corrected chi connectivity index (χ2v) is 11.9. The van der Waals surface area contributed by atoms with Gasteiger partial charge in [-0.2, -0.15) is 0 Å². The molecule has 4 N–H and O–H groups in total. The van der Waals surface area contributed by atoms with E-state index in [1.165, 1.54) is 0 Å². The monoisotopic (exact) mass is 613 g/mol. The molecule has 0 aliphatic heterocycles. The first-order chi connectivity index (χ1) is 16.5. The topological polar surface area (TPSA) is 104 Å². The Morgan fingerprint density at radius 3 is 1.89 bits per heavy atom. The van der Waals surface area contributed by atoms with Crippen LogP contribution in [0.4, 0.5) is 0 Å². The third-order valence-electron chi connectivity index (χ3n) is 4.75. The number of hydrogen-bond acceptors (Lipinski definition) is 4. The molecule has 12 heteroatoms. The van der Waals surface area contributed by atoms with Gasteiger partial charge in [-0.25, -0.2) is 0 Å². The molecular formula is C24H27Cl5N2O4P+. The number of rotatable bonds is 9. The molecule has 3 aromatic rings. The van der Waals surface area contributed by atoms with E-state index in [1.54, 1.807) is 54.6 Å². The van der Waals surface area contributed by atoms with Crippen molar-refractivity contribution in [3.8, 4) is 0 Å². The van der Waals surface area contributed by atoms with Crippen LogP contribution in [0.5, 0.6) is 0 Å². The Hall–Kier alpha value is -1.18. The highest BCUT2D eigenvalue weighted by atomic mass is 35.5. The van der Waals surface area contributed by atoms with E-state index < -0.39 is 13.5 Å². The SMILES string of the molecule is Cl.NCc1ccc(Cl)c(Cl)c1.O=[N+](Cc1ccc(Cl)c(Cl)c1)C[C@H](O)CP(=O)(O)Cc1ccccc1. The van der Waals surface area contributed by atoms with Gasteiger partial charge < -0.3 is 15.7 Å². The predicted molar refractivity (Wildman–Crippen MR) is 151 cm³/mol. The average molecular weight is 616 g/mol. The normalized spacial score (nSPS) is 13.0. The van der Waals surface area contributed by atoms with E-state index in [9.17, 15) is 19.5 Å². The molecule has 3 aromatic carbocycles. The fraction of sp³-hybridized carbons (Fsp3) is 0.250. The molecule has 0 radical (unpaired) electrons. The summed E-state index contributed by atoms with van der Waals surface area (Å²) in [5.74, 6) is 0. The highest BCUT2D eigenvalue weighted by molar-refractivity contribution is 7.57. The lowest BCUT2D eigenvalue weighted by molar-refractivity contribution is -0.571. The van der Waals surface area contributed by atoms with Crippen LogP contribution in [-0.2, 0) is 23.8 Å². The molecule has 2 atom stereocenters. The zero-order valence-corrected chi connectivity index (χ0v) is 23.8. The molecule has 0 aromatic heterocycles. The van der Waals surface area contributed by atoms with E-state index in [1.807, 2.05) is 12.1 Å². The van der Waals surface area contributed by atoms with Gasteiger partial charge in [0, 0.05) is 27.9 Å². The van der Waals surface area contributed by atoms with E-state index in [-0.39, 0.29) is 37.8 Å². The van der Waals surface area contributed by atoms with Gasteiger partial charge in [-0.15, -0.1) is 12.4 Å². The molecule has 3 rings (SSSR count). The maximum atomic E-state index is 12.3. The minimum atomic E-state index is -3.58. The number of aliphatic hydroxyl groups is 1. The minimum Gasteiger partial charge on any atom is -0.386 e. The van der Waals surface area contributed by atoms with Crippen LogP contribution in [0.1, 0.15) is 16.7 Å². The Morgan fingerprint density at radius 2 is 1.36 bits per heavy atom. The third-order valence-corrected chi connectivity index (χ3v) is 8.07. The summed E-state index contributed by atoms with van der Waals surface area (Å²) in [4.78, 5) is 22.0. The number of nitrogens with two attached hydrogens (primary N) is 1. The quantitative estimate of drug-likeness (QED) is 0.178. The summed E-state index contributed by atoms with van der Waals surface area (Å²) < 4.78 is 12.9. The van der Waals surface area contributed by atoms with Crippen LogP contribution in [0.3, 0.4) is 0 Å². The standard InChI is InChI=1S/C17H18Cl2NO4P.C7H7Cl2N.ClH/c18-16-7-6-14(8-17(16)19)9-20(22)10-15(21)12-25(23,24)11-13-4-2-1-3-5-13;8-6-2-1-5(4-10)3-7(6)9;/h1-8,15,21H,9-12H2;1-3H,4,10H2;1H/p+1/t15-;;/m0../s1. The van der Waals surface area contributed by atoms with Gasteiger partial charge >= 0.3 is 0 Å². The van der Waals surface area contributed by atoms with Gasteiger partial charge in [-0.05, 0) is 35.4 Å². The summed E-state index contributed by atoms with van der Waals surface area (Å²) in [7, 11) is -3.58. The number of nitroso groups, excluding NO2 is 1. The van der Waals surface area contributed by atoms with Crippen molar-refractivity contribution in [2.75, 3.05) is 12.7 Å². The second kappa shape index (κ2) is 15.9. The van der Waals surface area contributed by atoms with E-state index in [0.717, 1.165) is 11.1 Å². The molecule has 0 spiro atoms. The van der Waals surface area contributed by atoms with E-state index >= 15 is 0 Å². The van der Waals surface area contributed by atoms with Crippen LogP contribution >= 0.6 is 66.2 Å². The van der Waals surface area contributed by atoms with Gasteiger partial charge in [0.2, 0.25) is 20.5 Å². The number of nitrogens with zero attached hydrogens (tertiary/aromatic N) is 1. The summed E-state index contributed by atoms with van der Waals surface area (Å²) in [5, 5.41) is 11.9. The fourth-order valence-electron chi connectivity index (χ4n) is 3.13. The van der Waals surface area contributed by atoms with Crippen molar-refractivity contribution in [1.29, 1.82) is 0 Å². The van der Waals surface area contributed by atoms with Crippen LogP contribution in [0.25, 0.3) is 0 Å². The molecule has 196 valence electrons. The van der Waals surface area contributed by atoms with Gasteiger partial charge in [0.1, 0.15) is 6.10 Å². The number of halogens is 5. The first-order valence-electron chi connectivity index (χ1n) is 10.5. The summed E-state index contributed by atoms with van der Waals surface area (Å²) >= 11 is 23.1. The molecule has 0 amide bonds. The van der Waals surface area contributed by atoms with Crippen molar-refractivity contribution in [3.05, 3.63) is 108 Å². The Kier molecular flexibility index (Phi) is 14.5. The second-order valence-electron chi connectivity index (χ2n) is 7.85. The Labute approximate surface area is 236 Å². The van der Waals surface area contributed by atoms with Crippen LogP contribution in [0.15, 0.2) is 66.7 Å².